The summed E-state index contributed by atoms with van der Waals surface area (Å²) in [7, 11) is 1.93. The van der Waals surface area contributed by atoms with E-state index in [1.54, 1.807) is 6.26 Å². The molecule has 0 bridgehead atoms. The van der Waals surface area contributed by atoms with Gasteiger partial charge in [-0.2, -0.15) is 5.10 Å². The van der Waals surface area contributed by atoms with Crippen molar-refractivity contribution in [1.82, 2.24) is 9.78 Å². The van der Waals surface area contributed by atoms with Crippen LogP contribution in [0.15, 0.2) is 39.4 Å². The molecule has 0 amide bonds. The molecule has 3 aromatic rings. The van der Waals surface area contributed by atoms with Gasteiger partial charge in [-0.25, -0.2) is 0 Å². The highest BCUT2D eigenvalue weighted by Crippen LogP contribution is 2.35. The Morgan fingerprint density at radius 2 is 2.16 bits per heavy atom. The van der Waals surface area contributed by atoms with Crippen LogP contribution in [0.3, 0.4) is 0 Å². The van der Waals surface area contributed by atoms with E-state index in [0.717, 1.165) is 38.8 Å². The highest BCUT2D eigenvalue weighted by Gasteiger charge is 2.18. The predicted molar refractivity (Wildman–Crippen MR) is 78.9 cm³/mol. The molecule has 1 aromatic carbocycles. The van der Waals surface area contributed by atoms with Crippen molar-refractivity contribution in [3.8, 4) is 11.3 Å². The Morgan fingerprint density at radius 1 is 1.37 bits per heavy atom. The average Bonchev–Trinajstić information content (AvgIpc) is 2.95. The van der Waals surface area contributed by atoms with Crippen LogP contribution in [0.5, 0.6) is 0 Å². The molecular weight excluding hydrogens is 306 g/mol. The number of hydrogen-bond acceptors (Lipinski definition) is 3. The normalized spacial score (nSPS) is 11.3. The molecular formula is C14H14BrN3O. The fourth-order valence-electron chi connectivity index (χ4n) is 2.27. The van der Waals surface area contributed by atoms with Crippen molar-refractivity contribution in [2.45, 2.75) is 6.42 Å². The molecule has 0 radical (unpaired) electrons. The molecule has 0 fully saturated rings. The van der Waals surface area contributed by atoms with Gasteiger partial charge >= 0.3 is 0 Å². The number of para-hydroxylation sites is 1. The minimum absolute atomic E-state index is 0.601. The van der Waals surface area contributed by atoms with E-state index >= 15 is 0 Å². The molecule has 2 N–H and O–H groups in total. The third-order valence-corrected chi connectivity index (χ3v) is 4.05. The van der Waals surface area contributed by atoms with E-state index in [-0.39, 0.29) is 0 Å². The molecule has 0 spiro atoms. The molecule has 0 unspecified atom stereocenters. The summed E-state index contributed by atoms with van der Waals surface area (Å²) in [5.74, 6) is 0. The van der Waals surface area contributed by atoms with Crippen LogP contribution >= 0.6 is 15.9 Å². The molecule has 2 heterocycles. The quantitative estimate of drug-likeness (QED) is 0.807. The Hall–Kier alpha value is -1.59. The Labute approximate surface area is 119 Å². The molecule has 0 aliphatic heterocycles. The summed E-state index contributed by atoms with van der Waals surface area (Å²) in [5, 5.41) is 5.65. The number of nitrogens with two attached hydrogens (primary N) is 1. The molecule has 98 valence electrons. The second kappa shape index (κ2) is 4.83. The monoisotopic (exact) mass is 319 g/mol. The van der Waals surface area contributed by atoms with Gasteiger partial charge in [-0.3, -0.25) is 4.68 Å². The molecule has 4 nitrogen and oxygen atoms in total. The molecule has 0 saturated carbocycles. The molecule has 5 heteroatoms. The summed E-state index contributed by atoms with van der Waals surface area (Å²) >= 11 is 3.63. The summed E-state index contributed by atoms with van der Waals surface area (Å²) in [6, 6.07) is 7.95. The Morgan fingerprint density at radius 3 is 2.95 bits per heavy atom. The minimum Gasteiger partial charge on any atom is -0.464 e. The number of aromatic nitrogens is 2. The van der Waals surface area contributed by atoms with Crippen molar-refractivity contribution in [2.24, 2.45) is 12.8 Å². The number of hydrogen-bond donors (Lipinski definition) is 1. The molecule has 0 atom stereocenters. The first-order chi connectivity index (χ1) is 9.22. The third kappa shape index (κ3) is 1.99. The van der Waals surface area contributed by atoms with Gasteiger partial charge in [0, 0.05) is 24.4 Å². The molecule has 19 heavy (non-hydrogen) atoms. The lowest BCUT2D eigenvalue weighted by atomic mass is 10.1. The lowest BCUT2D eigenvalue weighted by molar-refractivity contribution is 0.616. The smallest absolute Gasteiger partial charge is 0.134 e. The highest BCUT2D eigenvalue weighted by atomic mass is 79.9. The first-order valence-electron chi connectivity index (χ1n) is 6.10. The van der Waals surface area contributed by atoms with E-state index in [9.17, 15) is 0 Å². The summed E-state index contributed by atoms with van der Waals surface area (Å²) in [5.41, 5.74) is 9.51. The van der Waals surface area contributed by atoms with Crippen LogP contribution in [0.1, 0.15) is 5.69 Å². The number of nitrogens with zero attached hydrogens (tertiary/aromatic N) is 2. The van der Waals surface area contributed by atoms with Crippen LogP contribution in [-0.2, 0) is 13.5 Å². The van der Waals surface area contributed by atoms with Gasteiger partial charge in [-0.05, 0) is 28.5 Å². The SMILES string of the molecule is Cn1nc(-c2coc3ccccc23)c(Br)c1CCN. The number of benzene rings is 1. The number of halogens is 1. The number of rotatable bonds is 3. The van der Waals surface area contributed by atoms with Gasteiger partial charge in [-0.15, -0.1) is 0 Å². The first kappa shape index (κ1) is 12.4. The van der Waals surface area contributed by atoms with E-state index in [4.69, 9.17) is 10.2 Å². The van der Waals surface area contributed by atoms with Gasteiger partial charge in [0.25, 0.3) is 0 Å². The van der Waals surface area contributed by atoms with Crippen LogP contribution in [0.2, 0.25) is 0 Å². The maximum Gasteiger partial charge on any atom is 0.134 e. The second-order valence-corrected chi connectivity index (χ2v) is 5.21. The van der Waals surface area contributed by atoms with Crippen LogP contribution in [0, 0.1) is 0 Å². The zero-order chi connectivity index (χ0) is 13.4. The molecule has 2 aromatic heterocycles. The largest absolute Gasteiger partial charge is 0.464 e. The third-order valence-electron chi connectivity index (χ3n) is 3.22. The fourth-order valence-corrected chi connectivity index (χ4v) is 3.02. The van der Waals surface area contributed by atoms with E-state index in [1.165, 1.54) is 0 Å². The molecule has 0 aliphatic rings. The first-order valence-corrected chi connectivity index (χ1v) is 6.89. The van der Waals surface area contributed by atoms with Crippen molar-refractivity contribution < 1.29 is 4.42 Å². The maximum absolute atomic E-state index is 5.64. The molecule has 0 aliphatic carbocycles. The van der Waals surface area contributed by atoms with Crippen LogP contribution in [0.4, 0.5) is 0 Å². The van der Waals surface area contributed by atoms with Gasteiger partial charge in [0.2, 0.25) is 0 Å². The highest BCUT2D eigenvalue weighted by molar-refractivity contribution is 9.10. The number of furan rings is 1. The number of fused-ring (bicyclic) bond motifs is 1. The maximum atomic E-state index is 5.64. The van der Waals surface area contributed by atoms with Gasteiger partial charge in [-0.1, -0.05) is 18.2 Å². The fraction of sp³-hybridized carbons (Fsp3) is 0.214. The van der Waals surface area contributed by atoms with Crippen molar-refractivity contribution in [1.29, 1.82) is 0 Å². The van der Waals surface area contributed by atoms with Gasteiger partial charge < -0.3 is 10.2 Å². The standard InChI is InChI=1S/C14H14BrN3O/c1-18-11(6-7-16)13(15)14(17-18)10-8-19-12-5-3-2-4-9(10)12/h2-5,8H,6-7,16H2,1H3. The van der Waals surface area contributed by atoms with Gasteiger partial charge in [0.15, 0.2) is 0 Å². The van der Waals surface area contributed by atoms with Crippen molar-refractivity contribution >= 4 is 26.9 Å². The van der Waals surface area contributed by atoms with E-state index in [2.05, 4.69) is 21.0 Å². The Bertz CT molecular complexity index is 729. The average molecular weight is 320 g/mol. The predicted octanol–water partition coefficient (Wildman–Crippen LogP) is 3.10. The summed E-state index contributed by atoms with van der Waals surface area (Å²) in [6.45, 7) is 0.601. The minimum atomic E-state index is 0.601. The summed E-state index contributed by atoms with van der Waals surface area (Å²) in [6.07, 6.45) is 2.55. The topological polar surface area (TPSA) is 57.0 Å². The molecule has 0 saturated heterocycles. The van der Waals surface area contributed by atoms with E-state index in [1.807, 2.05) is 36.0 Å². The lowest BCUT2D eigenvalue weighted by Crippen LogP contribution is -2.07. The zero-order valence-corrected chi connectivity index (χ0v) is 12.1. The van der Waals surface area contributed by atoms with Crippen LogP contribution < -0.4 is 5.73 Å². The van der Waals surface area contributed by atoms with Crippen molar-refractivity contribution in [3.63, 3.8) is 0 Å². The van der Waals surface area contributed by atoms with Crippen LogP contribution in [0.25, 0.3) is 22.2 Å². The Kier molecular flexibility index (Phi) is 3.16. The second-order valence-electron chi connectivity index (χ2n) is 4.42. The van der Waals surface area contributed by atoms with E-state index < -0.39 is 0 Å². The zero-order valence-electron chi connectivity index (χ0n) is 10.6. The number of aryl methyl sites for hydroxylation is 1. The molecule has 3 rings (SSSR count). The van der Waals surface area contributed by atoms with Gasteiger partial charge in [0.1, 0.15) is 17.5 Å². The van der Waals surface area contributed by atoms with Gasteiger partial charge in [0.05, 0.1) is 10.2 Å². The van der Waals surface area contributed by atoms with E-state index in [0.29, 0.717) is 6.54 Å². The van der Waals surface area contributed by atoms with Crippen LogP contribution in [-0.4, -0.2) is 16.3 Å². The Balaban J connectivity index is 2.19. The summed E-state index contributed by atoms with van der Waals surface area (Å²) in [4.78, 5) is 0. The van der Waals surface area contributed by atoms with Crippen molar-refractivity contribution in [2.75, 3.05) is 6.54 Å². The lowest BCUT2D eigenvalue weighted by Gasteiger charge is -1.98. The summed E-state index contributed by atoms with van der Waals surface area (Å²) < 4.78 is 8.43. The van der Waals surface area contributed by atoms with Crippen molar-refractivity contribution in [3.05, 3.63) is 40.7 Å².